The maximum atomic E-state index is 12.8. The summed E-state index contributed by atoms with van der Waals surface area (Å²) in [5.41, 5.74) is 8.84. The Hall–Kier alpha value is -2.92. The lowest BCUT2D eigenvalue weighted by molar-refractivity contribution is -0.000805. The van der Waals surface area contributed by atoms with Crippen molar-refractivity contribution in [2.75, 3.05) is 6.61 Å². The minimum Gasteiger partial charge on any atom is -0.444 e. The van der Waals surface area contributed by atoms with Gasteiger partial charge in [-0.2, -0.15) is 0 Å². The predicted octanol–water partition coefficient (Wildman–Crippen LogP) is 1.27. The topological polar surface area (TPSA) is 181 Å². The van der Waals surface area contributed by atoms with E-state index in [1.165, 1.54) is 12.5 Å². The van der Waals surface area contributed by atoms with Gasteiger partial charge in [-0.05, 0) is 31.4 Å². The van der Waals surface area contributed by atoms with Crippen molar-refractivity contribution in [2.45, 2.75) is 50.7 Å². The molecule has 0 saturated carbocycles. The van der Waals surface area contributed by atoms with Crippen LogP contribution in [0.4, 0.5) is 10.6 Å². The lowest BCUT2D eigenvalue weighted by Gasteiger charge is -2.32. The SMILES string of the molecule is CC(C)(C)OC(=O)N1C(CO)C(O)C(O)C1c1c[nH]c2c(N=[N+]=[N-])ncnc12. The summed E-state index contributed by atoms with van der Waals surface area (Å²) in [7, 11) is 0. The van der Waals surface area contributed by atoms with E-state index >= 15 is 0 Å². The summed E-state index contributed by atoms with van der Waals surface area (Å²) in [6, 6.07) is -2.12. The summed E-state index contributed by atoms with van der Waals surface area (Å²) in [5.74, 6) is 0.0503. The van der Waals surface area contributed by atoms with Gasteiger partial charge in [-0.15, -0.1) is 0 Å². The fraction of sp³-hybridized carbons (Fsp3) is 0.562. The average Bonchev–Trinajstić information content (AvgIpc) is 3.14. The first-order chi connectivity index (χ1) is 13.2. The molecule has 3 heterocycles. The summed E-state index contributed by atoms with van der Waals surface area (Å²) >= 11 is 0. The second kappa shape index (κ2) is 7.24. The Morgan fingerprint density at radius 1 is 1.39 bits per heavy atom. The van der Waals surface area contributed by atoms with Crippen LogP contribution in [0.2, 0.25) is 0 Å². The third kappa shape index (κ3) is 3.34. The molecule has 1 aliphatic rings. The van der Waals surface area contributed by atoms with Crippen LogP contribution in [-0.4, -0.2) is 71.7 Å². The quantitative estimate of drug-likeness (QED) is 0.345. The molecule has 4 N–H and O–H groups in total. The number of ether oxygens (including phenoxy) is 1. The third-order valence-electron chi connectivity index (χ3n) is 4.45. The van der Waals surface area contributed by atoms with E-state index < -0.39 is 42.6 Å². The predicted molar refractivity (Wildman–Crippen MR) is 96.4 cm³/mol. The van der Waals surface area contributed by atoms with E-state index in [2.05, 4.69) is 25.0 Å². The number of hydrogen-bond acceptors (Lipinski definition) is 8. The Bertz CT molecular complexity index is 933. The van der Waals surface area contributed by atoms with Gasteiger partial charge in [-0.3, -0.25) is 4.90 Å². The van der Waals surface area contributed by atoms with E-state index in [1.54, 1.807) is 20.8 Å². The van der Waals surface area contributed by atoms with Crippen molar-refractivity contribution in [3.05, 3.63) is 28.5 Å². The maximum Gasteiger partial charge on any atom is 0.411 e. The zero-order chi connectivity index (χ0) is 20.6. The number of amides is 1. The van der Waals surface area contributed by atoms with Crippen LogP contribution in [-0.2, 0) is 4.74 Å². The highest BCUT2D eigenvalue weighted by atomic mass is 16.6. The number of H-pyrrole nitrogens is 1. The van der Waals surface area contributed by atoms with Crippen molar-refractivity contribution < 1.29 is 24.9 Å². The Morgan fingerprint density at radius 3 is 2.71 bits per heavy atom. The van der Waals surface area contributed by atoms with Gasteiger partial charge in [-0.1, -0.05) is 0 Å². The fourth-order valence-corrected chi connectivity index (χ4v) is 3.33. The molecule has 2 aromatic heterocycles. The monoisotopic (exact) mass is 391 g/mol. The van der Waals surface area contributed by atoms with E-state index in [0.717, 1.165) is 4.90 Å². The molecule has 12 nitrogen and oxygen atoms in total. The van der Waals surface area contributed by atoms with Gasteiger partial charge < -0.3 is 25.0 Å². The number of fused-ring (bicyclic) bond motifs is 1. The van der Waals surface area contributed by atoms with Crippen molar-refractivity contribution >= 4 is 22.9 Å². The minimum absolute atomic E-state index is 0.0503. The zero-order valence-electron chi connectivity index (χ0n) is 15.5. The minimum atomic E-state index is -1.40. The van der Waals surface area contributed by atoms with E-state index in [-0.39, 0.29) is 5.82 Å². The molecule has 0 radical (unpaired) electrons. The number of aliphatic hydroxyl groups is 3. The van der Waals surface area contributed by atoms with Crippen LogP contribution >= 0.6 is 0 Å². The molecule has 2 aromatic rings. The molecule has 1 fully saturated rings. The van der Waals surface area contributed by atoms with Crippen molar-refractivity contribution in [1.29, 1.82) is 0 Å². The summed E-state index contributed by atoms with van der Waals surface area (Å²) in [6.45, 7) is 4.47. The number of aromatic nitrogens is 3. The summed E-state index contributed by atoms with van der Waals surface area (Å²) < 4.78 is 5.40. The molecule has 0 bridgehead atoms. The Kier molecular flexibility index (Phi) is 5.13. The standard InChI is InChI=1S/C16H21N7O5/c1-16(2,3)28-15(27)23-8(5-24)12(25)13(26)11(23)7-4-18-10-9(7)19-6-20-14(10)21-22-17/h4,6,8,11-13,18,24-26H,5H2,1-3H3. The largest absolute Gasteiger partial charge is 0.444 e. The molecule has 1 aliphatic heterocycles. The van der Waals surface area contributed by atoms with Gasteiger partial charge >= 0.3 is 6.09 Å². The molecule has 12 heteroatoms. The van der Waals surface area contributed by atoms with Gasteiger partial charge in [0.05, 0.1) is 29.7 Å². The first-order valence-corrected chi connectivity index (χ1v) is 8.55. The molecular formula is C16H21N7O5. The number of azide groups is 1. The lowest BCUT2D eigenvalue weighted by atomic mass is 10.0. The molecule has 150 valence electrons. The normalized spacial score (nSPS) is 25.0. The van der Waals surface area contributed by atoms with Gasteiger partial charge in [0.1, 0.15) is 24.1 Å². The van der Waals surface area contributed by atoms with Crippen molar-refractivity contribution in [1.82, 2.24) is 19.9 Å². The first-order valence-electron chi connectivity index (χ1n) is 8.55. The highest BCUT2D eigenvalue weighted by Gasteiger charge is 2.52. The Morgan fingerprint density at radius 2 is 2.11 bits per heavy atom. The fourth-order valence-electron chi connectivity index (χ4n) is 3.33. The first kappa shape index (κ1) is 19.8. The molecule has 1 saturated heterocycles. The molecular weight excluding hydrogens is 370 g/mol. The van der Waals surface area contributed by atoms with Crippen LogP contribution in [0.3, 0.4) is 0 Å². The third-order valence-corrected chi connectivity index (χ3v) is 4.45. The van der Waals surface area contributed by atoms with E-state index in [1.807, 2.05) is 0 Å². The van der Waals surface area contributed by atoms with E-state index in [4.69, 9.17) is 10.3 Å². The summed E-state index contributed by atoms with van der Waals surface area (Å²) in [6.07, 6.45) is -0.936. The number of hydrogen-bond donors (Lipinski definition) is 4. The second-order valence-electron chi connectivity index (χ2n) is 7.42. The summed E-state index contributed by atoms with van der Waals surface area (Å²) in [4.78, 5) is 27.5. The van der Waals surface area contributed by atoms with Crippen molar-refractivity contribution in [2.24, 2.45) is 5.11 Å². The van der Waals surface area contributed by atoms with Crippen molar-refractivity contribution in [3.63, 3.8) is 0 Å². The van der Waals surface area contributed by atoms with Gasteiger partial charge in [0.25, 0.3) is 0 Å². The lowest BCUT2D eigenvalue weighted by Crippen LogP contribution is -2.45. The van der Waals surface area contributed by atoms with Gasteiger partial charge in [0, 0.05) is 16.7 Å². The second-order valence-corrected chi connectivity index (χ2v) is 7.42. The van der Waals surface area contributed by atoms with Crippen LogP contribution in [0.15, 0.2) is 17.6 Å². The van der Waals surface area contributed by atoms with Gasteiger partial charge in [0.15, 0.2) is 5.82 Å². The van der Waals surface area contributed by atoms with Crippen LogP contribution in [0, 0.1) is 0 Å². The van der Waals surface area contributed by atoms with E-state index in [0.29, 0.717) is 16.6 Å². The molecule has 0 aromatic carbocycles. The van der Waals surface area contributed by atoms with Gasteiger partial charge in [-0.25, -0.2) is 14.8 Å². The maximum absolute atomic E-state index is 12.8. The van der Waals surface area contributed by atoms with Crippen LogP contribution in [0.25, 0.3) is 21.5 Å². The molecule has 1 amide bonds. The highest BCUT2D eigenvalue weighted by molar-refractivity contribution is 5.87. The van der Waals surface area contributed by atoms with Crippen molar-refractivity contribution in [3.8, 4) is 0 Å². The number of nitrogens with zero attached hydrogens (tertiary/aromatic N) is 6. The molecule has 28 heavy (non-hydrogen) atoms. The summed E-state index contributed by atoms with van der Waals surface area (Å²) in [5, 5.41) is 34.2. The number of carbonyl (C=O) groups excluding carboxylic acids is 1. The number of carbonyl (C=O) groups is 1. The van der Waals surface area contributed by atoms with E-state index in [9.17, 15) is 20.1 Å². The Balaban J connectivity index is 2.12. The highest BCUT2D eigenvalue weighted by Crippen LogP contribution is 2.41. The number of nitrogens with one attached hydrogen (secondary N) is 1. The molecule has 0 aliphatic carbocycles. The Labute approximate surface area is 159 Å². The molecule has 3 rings (SSSR count). The smallest absolute Gasteiger partial charge is 0.411 e. The van der Waals surface area contributed by atoms with Gasteiger partial charge in [0.2, 0.25) is 0 Å². The van der Waals surface area contributed by atoms with Crippen LogP contribution < -0.4 is 0 Å². The molecule has 0 spiro atoms. The zero-order valence-corrected chi connectivity index (χ0v) is 15.5. The molecule has 4 atom stereocenters. The number of likely N-dealkylation sites (tertiary alicyclic amines) is 1. The number of rotatable bonds is 3. The number of aliphatic hydroxyl groups excluding tert-OH is 3. The van der Waals surface area contributed by atoms with Crippen LogP contribution in [0.1, 0.15) is 32.4 Å². The average molecular weight is 391 g/mol. The molecule has 4 unspecified atom stereocenters. The van der Waals surface area contributed by atoms with Crippen LogP contribution in [0.5, 0.6) is 0 Å². The number of aromatic amines is 1.